The number of hydrogen-bond acceptors (Lipinski definition) is 7. The number of fused-ring (bicyclic) bond motifs is 1. The topological polar surface area (TPSA) is 83.6 Å². The summed E-state index contributed by atoms with van der Waals surface area (Å²) in [6, 6.07) is 0. The lowest BCUT2D eigenvalue weighted by Crippen LogP contribution is -2.21. The first-order chi connectivity index (χ1) is 13.7. The van der Waals surface area contributed by atoms with Gasteiger partial charge in [0.2, 0.25) is 0 Å². The number of thiocarbonyl (C=S) groups is 1. The van der Waals surface area contributed by atoms with Gasteiger partial charge in [-0.3, -0.25) is 4.79 Å². The van der Waals surface area contributed by atoms with Crippen LogP contribution in [0.2, 0.25) is 0 Å². The molecule has 156 valence electrons. The molecule has 7 nitrogen and oxygen atoms in total. The maximum Gasteiger partial charge on any atom is 0.341 e. The molecule has 2 heterocycles. The van der Waals surface area contributed by atoms with E-state index in [1.165, 1.54) is 28.2 Å². The molecule has 2 aromatic heterocycles. The highest BCUT2D eigenvalue weighted by Gasteiger charge is 2.27. The fraction of sp³-hybridized carbons (Fsp3) is 0.474. The molecule has 0 aliphatic heterocycles. The number of esters is 1. The Morgan fingerprint density at radius 1 is 1.28 bits per heavy atom. The molecule has 29 heavy (non-hydrogen) atoms. The predicted octanol–water partition coefficient (Wildman–Crippen LogP) is 3.94. The predicted molar refractivity (Wildman–Crippen MR) is 122 cm³/mol. The third-order valence-electron chi connectivity index (χ3n) is 4.77. The zero-order valence-corrected chi connectivity index (χ0v) is 19.5. The molecular weight excluding hydrogens is 428 g/mol. The van der Waals surface area contributed by atoms with Gasteiger partial charge < -0.3 is 20.3 Å². The summed E-state index contributed by atoms with van der Waals surface area (Å²) in [5.74, 6) is -0.0166. The number of carbonyl (C=O) groups is 2. The zero-order chi connectivity index (χ0) is 21.3. The highest BCUT2D eigenvalue weighted by molar-refractivity contribution is 7.80. The lowest BCUT2D eigenvalue weighted by Gasteiger charge is -2.15. The van der Waals surface area contributed by atoms with Crippen molar-refractivity contribution >= 4 is 62.0 Å². The molecule has 1 amide bonds. The maximum atomic E-state index is 12.5. The zero-order valence-electron chi connectivity index (χ0n) is 17.0. The van der Waals surface area contributed by atoms with Gasteiger partial charge in [-0.2, -0.15) is 0 Å². The van der Waals surface area contributed by atoms with Crippen molar-refractivity contribution in [2.24, 2.45) is 5.92 Å². The number of thiophene rings is 1. The van der Waals surface area contributed by atoms with E-state index in [4.69, 9.17) is 17.0 Å². The van der Waals surface area contributed by atoms with E-state index in [9.17, 15) is 9.59 Å². The van der Waals surface area contributed by atoms with Crippen LogP contribution < -0.4 is 10.6 Å². The Hall–Kier alpha value is -2.04. The van der Waals surface area contributed by atoms with Crippen molar-refractivity contribution in [3.63, 3.8) is 0 Å². The summed E-state index contributed by atoms with van der Waals surface area (Å²) in [6.07, 6.45) is 3.18. The Kier molecular flexibility index (Phi) is 6.55. The average molecular weight is 453 g/mol. The second kappa shape index (κ2) is 8.76. The van der Waals surface area contributed by atoms with Crippen LogP contribution in [0, 0.1) is 12.8 Å². The first-order valence-electron chi connectivity index (χ1n) is 9.21. The quantitative estimate of drug-likeness (QED) is 0.537. The van der Waals surface area contributed by atoms with Gasteiger partial charge in [-0.15, -0.1) is 22.7 Å². The number of amides is 1. The number of anilines is 2. The van der Waals surface area contributed by atoms with Crippen LogP contribution in [0.1, 0.15) is 49.5 Å². The van der Waals surface area contributed by atoms with Crippen LogP contribution in [0.15, 0.2) is 0 Å². The summed E-state index contributed by atoms with van der Waals surface area (Å²) >= 11 is 8.23. The maximum absolute atomic E-state index is 12.5. The number of aryl methyl sites for hydroxylation is 1. The number of rotatable bonds is 4. The molecule has 0 fully saturated rings. The van der Waals surface area contributed by atoms with E-state index in [2.05, 4.69) is 22.5 Å². The second-order valence-corrected chi connectivity index (χ2v) is 9.78. The Morgan fingerprint density at radius 3 is 2.66 bits per heavy atom. The summed E-state index contributed by atoms with van der Waals surface area (Å²) in [6.45, 7) is 3.99. The van der Waals surface area contributed by atoms with Gasteiger partial charge in [0.05, 0.1) is 23.2 Å². The molecule has 1 atom stereocenters. The van der Waals surface area contributed by atoms with Crippen LogP contribution in [0.5, 0.6) is 0 Å². The fourth-order valence-electron chi connectivity index (χ4n) is 3.18. The monoisotopic (exact) mass is 452 g/mol. The molecule has 0 aromatic carbocycles. The molecule has 0 spiro atoms. The molecule has 0 bridgehead atoms. The van der Waals surface area contributed by atoms with Crippen LogP contribution in [0.3, 0.4) is 0 Å². The molecule has 0 saturated heterocycles. The van der Waals surface area contributed by atoms with Crippen LogP contribution in [0.25, 0.3) is 0 Å². The number of thiazole rings is 1. The number of methoxy groups -OCH3 is 1. The van der Waals surface area contributed by atoms with Gasteiger partial charge in [0, 0.05) is 19.0 Å². The molecule has 2 aromatic rings. The number of nitrogens with one attached hydrogen (secondary N) is 2. The van der Waals surface area contributed by atoms with Gasteiger partial charge in [-0.05, 0) is 49.9 Å². The lowest BCUT2D eigenvalue weighted by atomic mass is 9.93. The Labute approximate surface area is 183 Å². The van der Waals surface area contributed by atoms with E-state index in [-0.39, 0.29) is 5.91 Å². The van der Waals surface area contributed by atoms with Crippen molar-refractivity contribution in [3.05, 3.63) is 26.6 Å². The SMILES string of the molecule is COC(=O)c1c(NC(=S)Nc2nc3c(s2)CC(C)CC3)sc(C(=O)N(C)C)c1C. The second-order valence-electron chi connectivity index (χ2n) is 7.27. The minimum absolute atomic E-state index is 0.175. The normalized spacial score (nSPS) is 15.4. The first-order valence-corrected chi connectivity index (χ1v) is 11.2. The van der Waals surface area contributed by atoms with E-state index in [0.29, 0.717) is 32.0 Å². The molecule has 1 aliphatic carbocycles. The van der Waals surface area contributed by atoms with Gasteiger partial charge in [-0.1, -0.05) is 6.92 Å². The summed E-state index contributed by atoms with van der Waals surface area (Å²) in [7, 11) is 4.65. The number of hydrogen-bond donors (Lipinski definition) is 2. The number of ether oxygens (including phenoxy) is 1. The van der Waals surface area contributed by atoms with Crippen molar-refractivity contribution in [1.29, 1.82) is 0 Å². The molecule has 0 radical (unpaired) electrons. The van der Waals surface area contributed by atoms with Crippen molar-refractivity contribution < 1.29 is 14.3 Å². The van der Waals surface area contributed by atoms with Crippen LogP contribution in [-0.2, 0) is 17.6 Å². The van der Waals surface area contributed by atoms with Crippen LogP contribution in [0.4, 0.5) is 10.1 Å². The van der Waals surface area contributed by atoms with Crippen molar-refractivity contribution in [3.8, 4) is 0 Å². The average Bonchev–Trinajstić information content (AvgIpc) is 3.19. The minimum Gasteiger partial charge on any atom is -0.465 e. The number of carbonyl (C=O) groups excluding carboxylic acids is 2. The molecule has 0 saturated carbocycles. The van der Waals surface area contributed by atoms with Gasteiger partial charge in [-0.25, -0.2) is 9.78 Å². The highest BCUT2D eigenvalue weighted by Crippen LogP contribution is 2.35. The summed E-state index contributed by atoms with van der Waals surface area (Å²) in [5.41, 5.74) is 2.03. The van der Waals surface area contributed by atoms with Crippen molar-refractivity contribution in [2.75, 3.05) is 31.8 Å². The Morgan fingerprint density at radius 2 is 2.00 bits per heavy atom. The third-order valence-corrected chi connectivity index (χ3v) is 7.21. The summed E-state index contributed by atoms with van der Waals surface area (Å²) in [4.78, 5) is 32.7. The molecule has 10 heteroatoms. The molecule has 3 rings (SSSR count). The standard InChI is InChI=1S/C19H24N4O3S3/c1-9-6-7-11-12(8-9)28-19(20-11)22-18(27)21-15-13(17(25)26-5)10(2)14(29-15)16(24)23(3)4/h9H,6-8H2,1-5H3,(H2,20,21,22,27). The van der Waals surface area contributed by atoms with Crippen molar-refractivity contribution in [1.82, 2.24) is 9.88 Å². The fourth-order valence-corrected chi connectivity index (χ4v) is 5.91. The first kappa shape index (κ1) is 21.7. The largest absolute Gasteiger partial charge is 0.465 e. The molecule has 2 N–H and O–H groups in total. The Balaban J connectivity index is 1.81. The summed E-state index contributed by atoms with van der Waals surface area (Å²) in [5, 5.41) is 7.70. The highest BCUT2D eigenvalue weighted by atomic mass is 32.1. The van der Waals surface area contributed by atoms with Crippen LogP contribution in [-0.4, -0.2) is 48.1 Å². The smallest absolute Gasteiger partial charge is 0.341 e. The summed E-state index contributed by atoms with van der Waals surface area (Å²) < 4.78 is 4.91. The van der Waals surface area contributed by atoms with Gasteiger partial charge in [0.25, 0.3) is 5.91 Å². The van der Waals surface area contributed by atoms with Gasteiger partial charge >= 0.3 is 5.97 Å². The van der Waals surface area contributed by atoms with Gasteiger partial charge in [0.1, 0.15) is 5.00 Å². The molecular formula is C19H24N4O3S3. The molecule has 1 unspecified atom stereocenters. The van der Waals surface area contributed by atoms with E-state index in [1.54, 1.807) is 32.4 Å². The Bertz CT molecular complexity index is 964. The van der Waals surface area contributed by atoms with Crippen molar-refractivity contribution in [2.45, 2.75) is 33.1 Å². The van der Waals surface area contributed by atoms with E-state index >= 15 is 0 Å². The molecule has 1 aliphatic rings. The third kappa shape index (κ3) is 4.59. The van der Waals surface area contributed by atoms with Gasteiger partial charge in [0.15, 0.2) is 10.2 Å². The number of nitrogens with zero attached hydrogens (tertiary/aromatic N) is 2. The van der Waals surface area contributed by atoms with E-state index in [1.807, 2.05) is 0 Å². The lowest BCUT2D eigenvalue weighted by molar-refractivity contribution is 0.0601. The van der Waals surface area contributed by atoms with E-state index in [0.717, 1.165) is 30.1 Å². The number of aromatic nitrogens is 1. The minimum atomic E-state index is -0.513. The van der Waals surface area contributed by atoms with Crippen LogP contribution >= 0.6 is 34.9 Å². The van der Waals surface area contributed by atoms with E-state index < -0.39 is 5.97 Å².